The van der Waals surface area contributed by atoms with Crippen LogP contribution in [-0.4, -0.2) is 9.05 Å². The minimum Gasteiger partial charge on any atom is -0.894 e. The maximum atomic E-state index is 8.58. The van der Waals surface area contributed by atoms with Crippen molar-refractivity contribution in [3.63, 3.8) is 0 Å². The second kappa shape index (κ2) is 10.8. The first-order valence-corrected chi connectivity index (χ1v) is 2.45. The summed E-state index contributed by atoms with van der Waals surface area (Å²) in [6, 6.07) is 0. The molecule has 0 aliphatic heterocycles. The van der Waals surface area contributed by atoms with E-state index in [1.807, 2.05) is 0 Å². The molecular formula is H16N4O4Si. The summed E-state index contributed by atoms with van der Waals surface area (Å²) in [5.74, 6) is 0. The van der Waals surface area contributed by atoms with E-state index >= 15 is 0 Å². The Bertz CT molecular complexity index is 28.0. The van der Waals surface area contributed by atoms with E-state index in [1.54, 1.807) is 0 Å². The number of hydrogen-bond donors (Lipinski definition) is 4. The van der Waals surface area contributed by atoms with E-state index in [0.29, 0.717) is 0 Å². The van der Waals surface area contributed by atoms with Crippen molar-refractivity contribution in [2.24, 2.45) is 0 Å². The third-order valence-electron chi connectivity index (χ3n) is 0. The summed E-state index contributed by atoms with van der Waals surface area (Å²) in [6.07, 6.45) is 0. The van der Waals surface area contributed by atoms with Crippen LogP contribution in [0.4, 0.5) is 0 Å². The van der Waals surface area contributed by atoms with Crippen molar-refractivity contribution in [1.82, 2.24) is 24.6 Å². The van der Waals surface area contributed by atoms with Crippen LogP contribution >= 0.6 is 0 Å². The Morgan fingerprint density at radius 2 is 0.556 bits per heavy atom. The molecule has 0 atom stereocenters. The van der Waals surface area contributed by atoms with Crippen LogP contribution in [0.3, 0.4) is 0 Å². The topological polar surface area (TPSA) is 238 Å². The van der Waals surface area contributed by atoms with E-state index in [0.717, 1.165) is 0 Å². The molecular weight excluding hydrogens is 148 g/mol. The van der Waals surface area contributed by atoms with Crippen LogP contribution in [0.5, 0.6) is 0 Å². The zero-order valence-corrected chi connectivity index (χ0v) is 7.13. The van der Waals surface area contributed by atoms with Gasteiger partial charge in [0, 0.05) is 0 Å². The highest BCUT2D eigenvalue weighted by Crippen LogP contribution is 1.26. The standard InChI is InChI=1S/4H3N.O4Si/c;;;;1-5(2,3)4/h4*1H3;/q;;;;-4/p+4. The third-order valence-corrected chi connectivity index (χ3v) is 0. The van der Waals surface area contributed by atoms with E-state index in [-0.39, 0.29) is 24.6 Å². The Kier molecular flexibility index (Phi) is 43.9. The molecule has 8 nitrogen and oxygen atoms in total. The van der Waals surface area contributed by atoms with Crippen molar-refractivity contribution < 1.29 is 19.2 Å². The Balaban J connectivity index is -0.0000000133. The minimum absolute atomic E-state index is 0. The van der Waals surface area contributed by atoms with Gasteiger partial charge < -0.3 is 52.8 Å². The lowest BCUT2D eigenvalue weighted by Gasteiger charge is -2.67. The molecule has 0 heterocycles. The average Bonchev–Trinajstić information content (AvgIpc) is 0.722. The van der Waals surface area contributed by atoms with E-state index < -0.39 is 9.05 Å². The Morgan fingerprint density at radius 1 is 0.556 bits per heavy atom. The van der Waals surface area contributed by atoms with Crippen molar-refractivity contribution >= 4 is 9.05 Å². The molecule has 9 heavy (non-hydrogen) atoms. The Morgan fingerprint density at radius 3 is 0.556 bits per heavy atom. The van der Waals surface area contributed by atoms with Gasteiger partial charge in [-0.15, -0.1) is 0 Å². The smallest absolute Gasteiger partial charge is 0.369 e. The largest absolute Gasteiger partial charge is 0.894 e. The lowest BCUT2D eigenvalue weighted by molar-refractivity contribution is -0.624. The van der Waals surface area contributed by atoms with Crippen molar-refractivity contribution in [2.45, 2.75) is 0 Å². The molecule has 0 aliphatic rings. The normalized spacial score (nSPS) is 6.67. The molecule has 0 saturated heterocycles. The minimum atomic E-state index is -5.61. The Labute approximate surface area is 54.0 Å². The summed E-state index contributed by atoms with van der Waals surface area (Å²) in [7, 11) is -5.61. The van der Waals surface area contributed by atoms with Crippen molar-refractivity contribution in [1.29, 1.82) is 0 Å². The fraction of sp³-hybridized carbons (Fsp3) is 0. The second-order valence-electron chi connectivity index (χ2n) is 0.500. The van der Waals surface area contributed by atoms with Crippen molar-refractivity contribution in [3.8, 4) is 0 Å². The van der Waals surface area contributed by atoms with Gasteiger partial charge in [-0.3, -0.25) is 0 Å². The zero-order chi connectivity index (χ0) is 4.50. The Hall–Kier alpha value is -0.103. The summed E-state index contributed by atoms with van der Waals surface area (Å²) < 4.78 is 0. The summed E-state index contributed by atoms with van der Waals surface area (Å²) >= 11 is 0. The lowest BCUT2D eigenvalue weighted by atomic mass is 14.0. The molecule has 0 aromatic heterocycles. The lowest BCUT2D eigenvalue weighted by Crippen LogP contribution is -2.82. The maximum Gasteiger partial charge on any atom is -0.369 e. The van der Waals surface area contributed by atoms with E-state index in [1.165, 1.54) is 0 Å². The predicted molar refractivity (Wildman–Crippen MR) is 29.7 cm³/mol. The van der Waals surface area contributed by atoms with Gasteiger partial charge in [-0.2, -0.15) is 0 Å². The number of quaternary nitrogens is 4. The molecule has 0 amide bonds. The average molecular weight is 164 g/mol. The first-order valence-electron chi connectivity index (χ1n) is 0.816. The van der Waals surface area contributed by atoms with Crippen LogP contribution in [0.2, 0.25) is 0 Å². The molecule has 9 heteroatoms. The molecule has 0 radical (unpaired) electrons. The van der Waals surface area contributed by atoms with Gasteiger partial charge in [-0.25, -0.2) is 0 Å². The van der Waals surface area contributed by atoms with Crippen LogP contribution < -0.4 is 43.8 Å². The quantitative estimate of drug-likeness (QED) is 0.265. The summed E-state index contributed by atoms with van der Waals surface area (Å²) in [5, 5.41) is 0. The van der Waals surface area contributed by atoms with Gasteiger partial charge >= 0.3 is 0 Å². The van der Waals surface area contributed by atoms with Crippen LogP contribution in [0.1, 0.15) is 0 Å². The third kappa shape index (κ3) is 25800. The second-order valence-corrected chi connectivity index (χ2v) is 1.50. The van der Waals surface area contributed by atoms with Gasteiger partial charge in [0.1, 0.15) is 0 Å². The molecule has 0 unspecified atom stereocenters. The summed E-state index contributed by atoms with van der Waals surface area (Å²) in [5.41, 5.74) is 0. The van der Waals surface area contributed by atoms with E-state index in [9.17, 15) is 0 Å². The molecule has 0 bridgehead atoms. The zero-order valence-electron chi connectivity index (χ0n) is 6.13. The molecule has 0 fully saturated rings. The van der Waals surface area contributed by atoms with Gasteiger partial charge in [0.2, 0.25) is 0 Å². The fourth-order valence-corrected chi connectivity index (χ4v) is 0. The van der Waals surface area contributed by atoms with Crippen LogP contribution in [0, 0.1) is 0 Å². The molecule has 0 saturated carbocycles. The highest BCUT2D eigenvalue weighted by Gasteiger charge is 1.36. The van der Waals surface area contributed by atoms with E-state index in [4.69, 9.17) is 19.2 Å². The molecule has 0 aromatic rings. The number of hydrogen-bond acceptors (Lipinski definition) is 4. The SMILES string of the molecule is [NH4+].[NH4+].[NH4+].[NH4+].[O-][Si]([O-])([O-])[O-]. The summed E-state index contributed by atoms with van der Waals surface area (Å²) in [4.78, 5) is 34.3. The van der Waals surface area contributed by atoms with Crippen LogP contribution in [0.15, 0.2) is 0 Å². The number of rotatable bonds is 0. The van der Waals surface area contributed by atoms with E-state index in [2.05, 4.69) is 0 Å². The van der Waals surface area contributed by atoms with Gasteiger partial charge in [-0.05, 0) is 0 Å². The maximum absolute atomic E-state index is 8.58. The van der Waals surface area contributed by atoms with Gasteiger partial charge in [-0.1, -0.05) is 0 Å². The molecule has 0 rings (SSSR count). The molecule has 0 aliphatic carbocycles. The molecule has 16 N–H and O–H groups in total. The van der Waals surface area contributed by atoms with Gasteiger partial charge in [0.15, 0.2) is 0 Å². The van der Waals surface area contributed by atoms with Crippen LogP contribution in [-0.2, 0) is 0 Å². The molecule has 0 aromatic carbocycles. The van der Waals surface area contributed by atoms with Gasteiger partial charge in [0.25, 0.3) is 0 Å². The van der Waals surface area contributed by atoms with Crippen LogP contribution in [0.25, 0.3) is 0 Å². The first-order chi connectivity index (χ1) is 2.00. The van der Waals surface area contributed by atoms with Crippen molar-refractivity contribution in [3.05, 3.63) is 0 Å². The fourth-order valence-electron chi connectivity index (χ4n) is 0. The predicted octanol–water partition coefficient (Wildman–Crippen LogP) is -3.63. The first kappa shape index (κ1) is 36.5. The monoisotopic (exact) mass is 164 g/mol. The highest BCUT2D eigenvalue weighted by molar-refractivity contribution is 6.38. The highest BCUT2D eigenvalue weighted by atomic mass is 28.4. The van der Waals surface area contributed by atoms with Gasteiger partial charge in [0.05, 0.1) is 0 Å². The molecule has 64 valence electrons. The molecule has 0 spiro atoms. The summed E-state index contributed by atoms with van der Waals surface area (Å²) in [6.45, 7) is 0. The van der Waals surface area contributed by atoms with Crippen molar-refractivity contribution in [2.75, 3.05) is 0 Å².